The molecule has 0 fully saturated rings. The van der Waals surface area contributed by atoms with Gasteiger partial charge < -0.3 is 24.8 Å². The van der Waals surface area contributed by atoms with E-state index in [0.717, 1.165) is 42.3 Å². The summed E-state index contributed by atoms with van der Waals surface area (Å²) in [4.78, 5) is 10.0. The number of methoxy groups -OCH3 is 3. The van der Waals surface area contributed by atoms with Gasteiger partial charge in [-0.3, -0.25) is 4.99 Å². The molecule has 0 amide bonds. The molecule has 0 saturated heterocycles. The lowest BCUT2D eigenvalue weighted by Gasteiger charge is -2.16. The number of rotatable bonds is 10. The molecule has 0 aliphatic rings. The Kier molecular flexibility index (Phi) is 11.7. The highest BCUT2D eigenvalue weighted by atomic mass is 127. The fourth-order valence-corrected chi connectivity index (χ4v) is 3.67. The maximum atomic E-state index is 5.53. The standard InChI is InChI=1S/C20H30N4O3S.HI/c1-6-15-13-24-17(28-15)10-12-23-20(21-2)22-11-9-14-7-8-16(25-3)19(27-5)18(14)26-4;/h7-8,13H,6,9-12H2,1-5H3,(H2,21,22,23);1H. The van der Waals surface area contributed by atoms with Crippen LogP contribution in [0.15, 0.2) is 23.3 Å². The van der Waals surface area contributed by atoms with E-state index in [1.54, 1.807) is 39.7 Å². The number of nitrogens with one attached hydrogen (secondary N) is 2. The summed E-state index contributed by atoms with van der Waals surface area (Å²) in [5.41, 5.74) is 1.04. The van der Waals surface area contributed by atoms with Gasteiger partial charge in [0.25, 0.3) is 0 Å². The second-order valence-electron chi connectivity index (χ2n) is 5.99. The summed E-state index contributed by atoms with van der Waals surface area (Å²) in [6.45, 7) is 3.65. The van der Waals surface area contributed by atoms with E-state index in [4.69, 9.17) is 14.2 Å². The molecule has 7 nitrogen and oxygen atoms in total. The normalized spacial score (nSPS) is 10.9. The van der Waals surface area contributed by atoms with Crippen LogP contribution in [0.4, 0.5) is 0 Å². The molecule has 0 spiro atoms. The molecule has 2 rings (SSSR count). The average molecular weight is 534 g/mol. The number of guanidine groups is 1. The van der Waals surface area contributed by atoms with Crippen LogP contribution in [-0.4, -0.2) is 52.4 Å². The molecule has 0 radical (unpaired) electrons. The van der Waals surface area contributed by atoms with Crippen LogP contribution in [0.25, 0.3) is 0 Å². The third-order valence-corrected chi connectivity index (χ3v) is 5.48. The minimum atomic E-state index is 0. The second kappa shape index (κ2) is 13.5. The minimum Gasteiger partial charge on any atom is -0.493 e. The lowest BCUT2D eigenvalue weighted by Crippen LogP contribution is -2.39. The molecular weight excluding hydrogens is 503 g/mol. The molecule has 0 unspecified atom stereocenters. The van der Waals surface area contributed by atoms with Crippen molar-refractivity contribution in [2.24, 2.45) is 4.99 Å². The molecular formula is C20H31IN4O3S. The number of hydrogen-bond donors (Lipinski definition) is 2. The maximum Gasteiger partial charge on any atom is 0.203 e. The third-order valence-electron chi connectivity index (χ3n) is 4.28. The Labute approximate surface area is 194 Å². The zero-order valence-corrected chi connectivity index (χ0v) is 20.9. The average Bonchev–Trinajstić information content (AvgIpc) is 3.19. The van der Waals surface area contributed by atoms with Gasteiger partial charge in [0.15, 0.2) is 17.5 Å². The highest BCUT2D eigenvalue weighted by molar-refractivity contribution is 14.0. The van der Waals surface area contributed by atoms with Crippen molar-refractivity contribution in [2.45, 2.75) is 26.2 Å². The van der Waals surface area contributed by atoms with Gasteiger partial charge in [-0.25, -0.2) is 4.98 Å². The van der Waals surface area contributed by atoms with E-state index in [-0.39, 0.29) is 24.0 Å². The van der Waals surface area contributed by atoms with E-state index in [0.29, 0.717) is 23.8 Å². The van der Waals surface area contributed by atoms with Crippen molar-refractivity contribution in [2.75, 3.05) is 41.5 Å². The Morgan fingerprint density at radius 3 is 2.28 bits per heavy atom. The lowest BCUT2D eigenvalue weighted by molar-refractivity contribution is 0.322. The highest BCUT2D eigenvalue weighted by Gasteiger charge is 2.15. The molecule has 2 N–H and O–H groups in total. The predicted molar refractivity (Wildman–Crippen MR) is 130 cm³/mol. The SMILES string of the molecule is CCc1cnc(CCNC(=NC)NCCc2ccc(OC)c(OC)c2OC)s1.I. The molecule has 0 aliphatic heterocycles. The van der Waals surface area contributed by atoms with Crippen molar-refractivity contribution in [1.29, 1.82) is 0 Å². The van der Waals surface area contributed by atoms with Crippen LogP contribution >= 0.6 is 35.3 Å². The lowest BCUT2D eigenvalue weighted by atomic mass is 10.1. The summed E-state index contributed by atoms with van der Waals surface area (Å²) in [5, 5.41) is 7.81. The fraction of sp³-hybridized carbons (Fsp3) is 0.500. The summed E-state index contributed by atoms with van der Waals surface area (Å²) in [6, 6.07) is 3.88. The molecule has 9 heteroatoms. The Bertz CT molecular complexity index is 783. The number of aromatic nitrogens is 1. The number of nitrogens with zero attached hydrogens (tertiary/aromatic N) is 2. The molecule has 0 atom stereocenters. The van der Waals surface area contributed by atoms with Crippen molar-refractivity contribution < 1.29 is 14.2 Å². The first-order chi connectivity index (χ1) is 13.7. The molecule has 2 aromatic rings. The van der Waals surface area contributed by atoms with Crippen LogP contribution < -0.4 is 24.8 Å². The molecule has 162 valence electrons. The topological polar surface area (TPSA) is 77.0 Å². The van der Waals surface area contributed by atoms with Crippen LogP contribution in [0, 0.1) is 0 Å². The monoisotopic (exact) mass is 534 g/mol. The number of thiazole rings is 1. The summed E-state index contributed by atoms with van der Waals surface area (Å²) in [5.74, 6) is 2.73. The van der Waals surface area contributed by atoms with Gasteiger partial charge in [-0.05, 0) is 18.9 Å². The van der Waals surface area contributed by atoms with Crippen LogP contribution in [0.5, 0.6) is 17.2 Å². The number of benzene rings is 1. The summed E-state index contributed by atoms with van der Waals surface area (Å²) < 4.78 is 16.3. The van der Waals surface area contributed by atoms with Crippen LogP contribution in [0.3, 0.4) is 0 Å². The van der Waals surface area contributed by atoms with E-state index < -0.39 is 0 Å². The van der Waals surface area contributed by atoms with E-state index >= 15 is 0 Å². The summed E-state index contributed by atoms with van der Waals surface area (Å²) >= 11 is 1.77. The zero-order valence-electron chi connectivity index (χ0n) is 17.7. The van der Waals surface area contributed by atoms with Crippen molar-refractivity contribution >= 4 is 41.3 Å². The van der Waals surface area contributed by atoms with Crippen LogP contribution in [-0.2, 0) is 19.3 Å². The minimum absolute atomic E-state index is 0. The second-order valence-corrected chi connectivity index (χ2v) is 7.19. The van der Waals surface area contributed by atoms with E-state index in [1.807, 2.05) is 18.3 Å². The van der Waals surface area contributed by atoms with Gasteiger partial charge in [0.2, 0.25) is 5.75 Å². The molecule has 29 heavy (non-hydrogen) atoms. The highest BCUT2D eigenvalue weighted by Crippen LogP contribution is 2.39. The summed E-state index contributed by atoms with van der Waals surface area (Å²) in [7, 11) is 6.63. The first-order valence-corrected chi connectivity index (χ1v) is 10.1. The quantitative estimate of drug-likeness (QED) is 0.277. The van der Waals surface area contributed by atoms with Gasteiger partial charge in [0.05, 0.1) is 26.3 Å². The number of hydrogen-bond acceptors (Lipinski definition) is 6. The van der Waals surface area contributed by atoms with Gasteiger partial charge in [0, 0.05) is 43.2 Å². The van der Waals surface area contributed by atoms with Crippen LogP contribution in [0.2, 0.25) is 0 Å². The van der Waals surface area contributed by atoms with E-state index in [1.165, 1.54) is 4.88 Å². The first-order valence-electron chi connectivity index (χ1n) is 9.32. The molecule has 1 heterocycles. The number of ether oxygens (including phenoxy) is 3. The van der Waals surface area contributed by atoms with E-state index in [9.17, 15) is 0 Å². The fourth-order valence-electron chi connectivity index (χ4n) is 2.81. The van der Waals surface area contributed by atoms with Gasteiger partial charge >= 0.3 is 0 Å². The number of aryl methyl sites for hydroxylation is 1. The molecule has 1 aromatic carbocycles. The Hall–Kier alpha value is -1.75. The van der Waals surface area contributed by atoms with Gasteiger partial charge in [0.1, 0.15) is 0 Å². The molecule has 0 aliphatic carbocycles. The Morgan fingerprint density at radius 2 is 1.72 bits per heavy atom. The predicted octanol–water partition coefficient (Wildman–Crippen LogP) is 3.30. The van der Waals surface area contributed by atoms with Crippen LogP contribution in [0.1, 0.15) is 22.4 Å². The van der Waals surface area contributed by atoms with E-state index in [2.05, 4.69) is 27.5 Å². The number of halogens is 1. The van der Waals surface area contributed by atoms with Gasteiger partial charge in [-0.15, -0.1) is 35.3 Å². The van der Waals surface area contributed by atoms with Gasteiger partial charge in [-0.2, -0.15) is 0 Å². The first kappa shape index (κ1) is 25.3. The Morgan fingerprint density at radius 1 is 1.03 bits per heavy atom. The van der Waals surface area contributed by atoms with Crippen molar-refractivity contribution in [3.05, 3.63) is 33.8 Å². The maximum absolute atomic E-state index is 5.53. The molecule has 1 aromatic heterocycles. The molecule has 0 saturated carbocycles. The smallest absolute Gasteiger partial charge is 0.203 e. The number of aliphatic imine (C=N–C) groups is 1. The largest absolute Gasteiger partial charge is 0.493 e. The molecule has 0 bridgehead atoms. The van der Waals surface area contributed by atoms with Crippen molar-refractivity contribution in [1.82, 2.24) is 15.6 Å². The summed E-state index contributed by atoms with van der Waals surface area (Å²) in [6.07, 6.45) is 4.64. The van der Waals surface area contributed by atoms with Gasteiger partial charge in [-0.1, -0.05) is 13.0 Å². The Balaban J connectivity index is 0.00000420. The van der Waals surface area contributed by atoms with Crippen molar-refractivity contribution in [3.8, 4) is 17.2 Å². The third kappa shape index (κ3) is 7.22. The van der Waals surface area contributed by atoms with Crippen molar-refractivity contribution in [3.63, 3.8) is 0 Å². The zero-order chi connectivity index (χ0) is 20.4.